The van der Waals surface area contributed by atoms with Gasteiger partial charge in [-0.3, -0.25) is 4.79 Å². The molecule has 0 radical (unpaired) electrons. The van der Waals surface area contributed by atoms with Gasteiger partial charge in [0.2, 0.25) is 0 Å². The molecule has 1 N–H and O–H groups in total. The lowest BCUT2D eigenvalue weighted by Crippen LogP contribution is -2.41. The molecule has 1 aliphatic rings. The second-order valence-corrected chi connectivity index (χ2v) is 4.74. The van der Waals surface area contributed by atoms with Crippen molar-refractivity contribution in [3.63, 3.8) is 0 Å². The van der Waals surface area contributed by atoms with Gasteiger partial charge in [-0.2, -0.15) is 0 Å². The minimum Gasteiger partial charge on any atom is -0.480 e. The number of hydrogen-bond acceptors (Lipinski definition) is 6. The van der Waals surface area contributed by atoms with Gasteiger partial charge in [0.1, 0.15) is 12.6 Å². The Kier molecular flexibility index (Phi) is 3.87. The second kappa shape index (κ2) is 5.40. The minimum atomic E-state index is -1.01. The number of carbonyl (C=O) groups excluding carboxylic acids is 1. The molecule has 0 spiro atoms. The van der Waals surface area contributed by atoms with E-state index in [0.717, 1.165) is 0 Å². The summed E-state index contributed by atoms with van der Waals surface area (Å²) in [5.41, 5.74) is 0.107. The highest BCUT2D eigenvalue weighted by Crippen LogP contribution is 2.23. The van der Waals surface area contributed by atoms with Gasteiger partial charge in [-0.1, -0.05) is 5.16 Å². The topological polar surface area (TPSA) is 92.9 Å². The number of carboxylic acid groups (broad SMARTS) is 1. The van der Waals surface area contributed by atoms with Crippen molar-refractivity contribution in [2.24, 2.45) is 0 Å². The van der Waals surface area contributed by atoms with Crippen LogP contribution in [-0.4, -0.2) is 51.8 Å². The van der Waals surface area contributed by atoms with Crippen LogP contribution in [0.25, 0.3) is 0 Å². The fourth-order valence-electron chi connectivity index (χ4n) is 1.62. The number of ether oxygens (including phenoxy) is 1. The number of nitrogens with zero attached hydrogens (tertiary/aromatic N) is 2. The van der Waals surface area contributed by atoms with Crippen LogP contribution in [0.5, 0.6) is 0 Å². The average molecular weight is 272 g/mol. The fourth-order valence-corrected chi connectivity index (χ4v) is 2.76. The van der Waals surface area contributed by atoms with Gasteiger partial charge in [0, 0.05) is 18.9 Å². The first-order valence-electron chi connectivity index (χ1n) is 5.19. The third-order valence-corrected chi connectivity index (χ3v) is 3.51. The third kappa shape index (κ3) is 2.49. The van der Waals surface area contributed by atoms with Crippen LogP contribution in [0.1, 0.15) is 16.2 Å². The number of rotatable bonds is 4. The standard InChI is InChI=1S/C10H12N2O5S/c1-16-3-6-2-7(11-17-6)9(13)12-5-18-4-8(12)10(14)15/h2,8H,3-5H2,1H3,(H,14,15)/t8-/m0/s1. The predicted molar refractivity (Wildman–Crippen MR) is 62.1 cm³/mol. The molecule has 0 unspecified atom stereocenters. The third-order valence-electron chi connectivity index (χ3n) is 2.49. The lowest BCUT2D eigenvalue weighted by Gasteiger charge is -2.18. The molecule has 1 saturated heterocycles. The first-order chi connectivity index (χ1) is 8.63. The summed E-state index contributed by atoms with van der Waals surface area (Å²) >= 11 is 1.40. The monoisotopic (exact) mass is 272 g/mol. The van der Waals surface area contributed by atoms with E-state index < -0.39 is 17.9 Å². The average Bonchev–Trinajstić information content (AvgIpc) is 2.96. The Balaban J connectivity index is 2.12. The van der Waals surface area contributed by atoms with Gasteiger partial charge < -0.3 is 19.3 Å². The molecule has 0 aromatic carbocycles. The minimum absolute atomic E-state index is 0.107. The smallest absolute Gasteiger partial charge is 0.327 e. The molecule has 1 atom stereocenters. The number of thioether (sulfide) groups is 1. The van der Waals surface area contributed by atoms with Gasteiger partial charge in [0.15, 0.2) is 11.5 Å². The van der Waals surface area contributed by atoms with E-state index in [1.54, 1.807) is 0 Å². The Bertz CT molecular complexity index is 461. The number of amides is 1. The van der Waals surface area contributed by atoms with Gasteiger partial charge in [0.05, 0.1) is 5.88 Å². The Morgan fingerprint density at radius 3 is 3.17 bits per heavy atom. The summed E-state index contributed by atoms with van der Waals surface area (Å²) in [6.45, 7) is 0.220. The summed E-state index contributed by atoms with van der Waals surface area (Å²) in [7, 11) is 1.50. The van der Waals surface area contributed by atoms with Crippen molar-refractivity contribution >= 4 is 23.6 Å². The van der Waals surface area contributed by atoms with Crippen molar-refractivity contribution in [1.82, 2.24) is 10.1 Å². The summed E-state index contributed by atoms with van der Waals surface area (Å²) < 4.78 is 9.75. The van der Waals surface area contributed by atoms with Crippen LogP contribution in [-0.2, 0) is 16.1 Å². The van der Waals surface area contributed by atoms with Crippen LogP contribution in [0.15, 0.2) is 10.6 Å². The van der Waals surface area contributed by atoms with Crippen LogP contribution in [0, 0.1) is 0 Å². The zero-order chi connectivity index (χ0) is 13.1. The molecule has 1 amide bonds. The van der Waals surface area contributed by atoms with E-state index in [4.69, 9.17) is 14.4 Å². The highest BCUT2D eigenvalue weighted by molar-refractivity contribution is 7.99. The van der Waals surface area contributed by atoms with Crippen molar-refractivity contribution in [2.45, 2.75) is 12.6 Å². The number of methoxy groups -OCH3 is 1. The molecular weight excluding hydrogens is 260 g/mol. The molecule has 2 heterocycles. The van der Waals surface area contributed by atoms with Gasteiger partial charge in [-0.25, -0.2) is 4.79 Å². The van der Waals surface area contributed by atoms with Crippen molar-refractivity contribution in [3.05, 3.63) is 17.5 Å². The molecule has 98 valence electrons. The molecular formula is C10H12N2O5S. The maximum atomic E-state index is 12.1. The predicted octanol–water partition coefficient (Wildman–Crippen LogP) is 0.421. The molecule has 0 aliphatic carbocycles. The fraction of sp³-hybridized carbons (Fsp3) is 0.500. The Morgan fingerprint density at radius 1 is 1.72 bits per heavy atom. The van der Waals surface area contributed by atoms with Gasteiger partial charge in [-0.05, 0) is 0 Å². The van der Waals surface area contributed by atoms with Gasteiger partial charge in [0.25, 0.3) is 5.91 Å². The van der Waals surface area contributed by atoms with Crippen molar-refractivity contribution in [3.8, 4) is 0 Å². The van der Waals surface area contributed by atoms with Crippen molar-refractivity contribution in [2.75, 3.05) is 18.7 Å². The number of hydrogen-bond donors (Lipinski definition) is 1. The van der Waals surface area contributed by atoms with Crippen LogP contribution in [0.2, 0.25) is 0 Å². The molecule has 1 aromatic heterocycles. The van der Waals surface area contributed by atoms with E-state index >= 15 is 0 Å². The van der Waals surface area contributed by atoms with Crippen LogP contribution < -0.4 is 0 Å². The molecule has 2 rings (SSSR count). The number of aromatic nitrogens is 1. The SMILES string of the molecule is COCc1cc(C(=O)N2CSC[C@H]2C(=O)O)no1. The second-order valence-electron chi connectivity index (χ2n) is 3.74. The van der Waals surface area contributed by atoms with Gasteiger partial charge >= 0.3 is 5.97 Å². The first-order valence-corrected chi connectivity index (χ1v) is 6.35. The summed E-state index contributed by atoms with van der Waals surface area (Å²) in [6.07, 6.45) is 0. The quantitative estimate of drug-likeness (QED) is 0.849. The van der Waals surface area contributed by atoms with E-state index in [2.05, 4.69) is 5.16 Å². The summed E-state index contributed by atoms with van der Waals surface area (Å²) in [5, 5.41) is 12.6. The molecule has 7 nitrogen and oxygen atoms in total. The van der Waals surface area contributed by atoms with Crippen LogP contribution in [0.4, 0.5) is 0 Å². The number of aliphatic carboxylic acids is 1. The first kappa shape index (κ1) is 12.9. The van der Waals surface area contributed by atoms with Crippen molar-refractivity contribution < 1.29 is 24.0 Å². The molecule has 1 aromatic rings. The van der Waals surface area contributed by atoms with Crippen LogP contribution >= 0.6 is 11.8 Å². The molecule has 1 aliphatic heterocycles. The Hall–Kier alpha value is -1.54. The van der Waals surface area contributed by atoms with E-state index in [0.29, 0.717) is 17.4 Å². The maximum absolute atomic E-state index is 12.1. The Labute approximate surface area is 107 Å². The lowest BCUT2D eigenvalue weighted by atomic mass is 10.2. The highest BCUT2D eigenvalue weighted by Gasteiger charge is 2.36. The summed E-state index contributed by atoms with van der Waals surface area (Å²) in [6, 6.07) is 0.665. The van der Waals surface area contributed by atoms with E-state index in [9.17, 15) is 9.59 Å². The summed E-state index contributed by atoms with van der Waals surface area (Å²) in [5.74, 6) is -0.265. The zero-order valence-electron chi connectivity index (χ0n) is 9.66. The molecule has 18 heavy (non-hydrogen) atoms. The number of carboxylic acids is 1. The highest BCUT2D eigenvalue weighted by atomic mass is 32.2. The molecule has 0 bridgehead atoms. The van der Waals surface area contributed by atoms with Crippen molar-refractivity contribution in [1.29, 1.82) is 0 Å². The van der Waals surface area contributed by atoms with Gasteiger partial charge in [-0.15, -0.1) is 11.8 Å². The maximum Gasteiger partial charge on any atom is 0.327 e. The van der Waals surface area contributed by atoms with Crippen LogP contribution in [0.3, 0.4) is 0 Å². The number of carbonyl (C=O) groups is 2. The largest absolute Gasteiger partial charge is 0.480 e. The Morgan fingerprint density at radius 2 is 2.50 bits per heavy atom. The molecule has 1 fully saturated rings. The van der Waals surface area contributed by atoms with E-state index in [1.807, 2.05) is 0 Å². The normalized spacial score (nSPS) is 19.2. The zero-order valence-corrected chi connectivity index (χ0v) is 10.5. The van der Waals surface area contributed by atoms with E-state index in [-0.39, 0.29) is 12.3 Å². The lowest BCUT2D eigenvalue weighted by molar-refractivity contribution is -0.140. The summed E-state index contributed by atoms with van der Waals surface area (Å²) in [4.78, 5) is 24.3. The van der Waals surface area contributed by atoms with E-state index in [1.165, 1.54) is 29.8 Å². The molecule has 0 saturated carbocycles. The molecule has 8 heteroatoms.